The van der Waals surface area contributed by atoms with Crippen molar-refractivity contribution in [3.63, 3.8) is 0 Å². The molecule has 2 aromatic carbocycles. The number of amides is 1. The molecule has 0 spiro atoms. The van der Waals surface area contributed by atoms with Crippen molar-refractivity contribution in [2.75, 3.05) is 11.9 Å². The van der Waals surface area contributed by atoms with Gasteiger partial charge in [0.25, 0.3) is 5.91 Å². The second-order valence-electron chi connectivity index (χ2n) is 4.14. The molecule has 0 bridgehead atoms. The maximum atomic E-state index is 12.2. The molecule has 0 saturated heterocycles. The van der Waals surface area contributed by atoms with Gasteiger partial charge in [0, 0.05) is 11.3 Å². The largest absolute Gasteiger partial charge is 0.322 e. The minimum Gasteiger partial charge on any atom is -0.322 e. The molecular formula is C16H12Cl2N2O. The Kier molecular flexibility index (Phi) is 5.24. The van der Waals surface area contributed by atoms with Crippen molar-refractivity contribution in [2.24, 2.45) is 5.73 Å². The molecule has 2 aromatic rings. The molecule has 21 heavy (non-hydrogen) atoms. The topological polar surface area (TPSA) is 55.1 Å². The van der Waals surface area contributed by atoms with Crippen LogP contribution in [0.2, 0.25) is 10.0 Å². The summed E-state index contributed by atoms with van der Waals surface area (Å²) < 4.78 is 0. The zero-order valence-corrected chi connectivity index (χ0v) is 12.5. The van der Waals surface area contributed by atoms with Gasteiger partial charge in [0.15, 0.2) is 0 Å². The molecule has 3 nitrogen and oxygen atoms in total. The standard InChI is InChI=1S/C16H12Cl2N2O/c17-14-8-2-7-13(15(14)18)16(21)20-12-6-1-4-11(10-12)5-3-9-19/h1-2,4,6-8,10H,9,19H2,(H,20,21). The number of nitrogens with one attached hydrogen (secondary N) is 1. The Morgan fingerprint density at radius 1 is 1.19 bits per heavy atom. The SMILES string of the molecule is NCC#Cc1cccc(NC(=O)c2cccc(Cl)c2Cl)c1. The average Bonchev–Trinajstić information content (AvgIpc) is 2.48. The lowest BCUT2D eigenvalue weighted by Crippen LogP contribution is -2.12. The van der Waals surface area contributed by atoms with Crippen LogP contribution in [0.5, 0.6) is 0 Å². The highest BCUT2D eigenvalue weighted by Crippen LogP contribution is 2.26. The van der Waals surface area contributed by atoms with Crippen LogP contribution in [-0.2, 0) is 0 Å². The lowest BCUT2D eigenvalue weighted by Gasteiger charge is -2.08. The molecule has 3 N–H and O–H groups in total. The zero-order valence-electron chi connectivity index (χ0n) is 11.0. The van der Waals surface area contributed by atoms with Gasteiger partial charge in [-0.15, -0.1) is 0 Å². The van der Waals surface area contributed by atoms with Crippen LogP contribution >= 0.6 is 23.2 Å². The number of carbonyl (C=O) groups excluding carboxylic acids is 1. The molecule has 0 heterocycles. The molecule has 5 heteroatoms. The van der Waals surface area contributed by atoms with Gasteiger partial charge in [-0.2, -0.15) is 0 Å². The fourth-order valence-electron chi connectivity index (χ4n) is 1.71. The number of carbonyl (C=O) groups is 1. The van der Waals surface area contributed by atoms with E-state index in [2.05, 4.69) is 17.2 Å². The molecule has 0 saturated carbocycles. The predicted octanol–water partition coefficient (Wildman–Crippen LogP) is 3.56. The van der Waals surface area contributed by atoms with E-state index in [1.807, 2.05) is 6.07 Å². The number of benzene rings is 2. The summed E-state index contributed by atoms with van der Waals surface area (Å²) in [6, 6.07) is 12.1. The molecule has 2 rings (SSSR count). The van der Waals surface area contributed by atoms with Crippen LogP contribution in [0.25, 0.3) is 0 Å². The Morgan fingerprint density at radius 2 is 1.95 bits per heavy atom. The average molecular weight is 319 g/mol. The fourth-order valence-corrected chi connectivity index (χ4v) is 2.09. The highest BCUT2D eigenvalue weighted by molar-refractivity contribution is 6.44. The molecule has 0 aliphatic carbocycles. The van der Waals surface area contributed by atoms with Crippen molar-refractivity contribution in [3.05, 3.63) is 63.6 Å². The molecular weight excluding hydrogens is 307 g/mol. The Morgan fingerprint density at radius 3 is 2.71 bits per heavy atom. The first-order valence-corrected chi connectivity index (χ1v) is 6.92. The maximum Gasteiger partial charge on any atom is 0.257 e. The van der Waals surface area contributed by atoms with Gasteiger partial charge in [-0.05, 0) is 30.3 Å². The number of halogens is 2. The van der Waals surface area contributed by atoms with Gasteiger partial charge in [0.05, 0.1) is 22.2 Å². The van der Waals surface area contributed by atoms with E-state index >= 15 is 0 Å². The Labute approximate surface area is 133 Å². The molecule has 0 aliphatic heterocycles. The third-order valence-corrected chi connectivity index (χ3v) is 3.47. The van der Waals surface area contributed by atoms with E-state index in [0.29, 0.717) is 16.3 Å². The van der Waals surface area contributed by atoms with Gasteiger partial charge in [-0.1, -0.05) is 47.2 Å². The first-order valence-electron chi connectivity index (χ1n) is 6.16. The second-order valence-corrected chi connectivity index (χ2v) is 4.93. The Bertz CT molecular complexity index is 733. The smallest absolute Gasteiger partial charge is 0.257 e. The molecule has 0 radical (unpaired) electrons. The summed E-state index contributed by atoms with van der Waals surface area (Å²) in [5.41, 5.74) is 7.05. The van der Waals surface area contributed by atoms with Crippen LogP contribution in [0, 0.1) is 11.8 Å². The van der Waals surface area contributed by atoms with Crippen LogP contribution < -0.4 is 11.1 Å². The number of anilines is 1. The van der Waals surface area contributed by atoms with Crippen LogP contribution in [0.3, 0.4) is 0 Å². The van der Waals surface area contributed by atoms with E-state index in [1.165, 1.54) is 0 Å². The minimum absolute atomic E-state index is 0.232. The summed E-state index contributed by atoms with van der Waals surface area (Å²) in [5, 5.41) is 3.33. The zero-order chi connectivity index (χ0) is 15.2. The lowest BCUT2D eigenvalue weighted by molar-refractivity contribution is 0.102. The van der Waals surface area contributed by atoms with E-state index in [1.54, 1.807) is 36.4 Å². The van der Waals surface area contributed by atoms with E-state index in [-0.39, 0.29) is 17.5 Å². The third-order valence-electron chi connectivity index (χ3n) is 2.65. The van der Waals surface area contributed by atoms with Crippen molar-refractivity contribution >= 4 is 34.8 Å². The first kappa shape index (κ1) is 15.4. The van der Waals surface area contributed by atoms with E-state index in [9.17, 15) is 4.79 Å². The van der Waals surface area contributed by atoms with E-state index in [0.717, 1.165) is 5.56 Å². The molecule has 0 unspecified atom stereocenters. The van der Waals surface area contributed by atoms with Gasteiger partial charge in [-0.3, -0.25) is 4.79 Å². The van der Waals surface area contributed by atoms with Gasteiger partial charge in [0.1, 0.15) is 0 Å². The molecule has 0 aliphatic rings. The molecule has 0 aromatic heterocycles. The monoisotopic (exact) mass is 318 g/mol. The lowest BCUT2D eigenvalue weighted by atomic mass is 10.1. The second kappa shape index (κ2) is 7.14. The molecule has 1 amide bonds. The van der Waals surface area contributed by atoms with Gasteiger partial charge < -0.3 is 11.1 Å². The fraction of sp³-hybridized carbons (Fsp3) is 0.0625. The van der Waals surface area contributed by atoms with Gasteiger partial charge in [-0.25, -0.2) is 0 Å². The quantitative estimate of drug-likeness (QED) is 0.832. The molecule has 106 valence electrons. The summed E-state index contributed by atoms with van der Waals surface area (Å²) in [7, 11) is 0. The third kappa shape index (κ3) is 3.99. The van der Waals surface area contributed by atoms with E-state index < -0.39 is 0 Å². The summed E-state index contributed by atoms with van der Waals surface area (Å²) in [5.74, 6) is 5.34. The Balaban J connectivity index is 2.22. The van der Waals surface area contributed by atoms with Crippen LogP contribution in [0.4, 0.5) is 5.69 Å². The highest BCUT2D eigenvalue weighted by Gasteiger charge is 2.12. The molecule has 0 atom stereocenters. The summed E-state index contributed by atoms with van der Waals surface area (Å²) in [6.45, 7) is 0.286. The van der Waals surface area contributed by atoms with Crippen molar-refractivity contribution in [2.45, 2.75) is 0 Å². The maximum absolute atomic E-state index is 12.2. The number of hydrogen-bond acceptors (Lipinski definition) is 2. The molecule has 0 fully saturated rings. The minimum atomic E-state index is -0.327. The normalized spacial score (nSPS) is 9.67. The van der Waals surface area contributed by atoms with Crippen molar-refractivity contribution < 1.29 is 4.79 Å². The van der Waals surface area contributed by atoms with Crippen molar-refractivity contribution in [3.8, 4) is 11.8 Å². The number of hydrogen-bond donors (Lipinski definition) is 2. The number of rotatable bonds is 2. The van der Waals surface area contributed by atoms with E-state index in [4.69, 9.17) is 28.9 Å². The van der Waals surface area contributed by atoms with Crippen LogP contribution in [0.1, 0.15) is 15.9 Å². The first-order chi connectivity index (χ1) is 10.1. The Hall–Kier alpha value is -1.99. The van der Waals surface area contributed by atoms with Gasteiger partial charge >= 0.3 is 0 Å². The van der Waals surface area contributed by atoms with Crippen LogP contribution in [0.15, 0.2) is 42.5 Å². The summed E-state index contributed by atoms with van der Waals surface area (Å²) in [6.07, 6.45) is 0. The number of nitrogens with two attached hydrogens (primary N) is 1. The predicted molar refractivity (Wildman–Crippen MR) is 86.8 cm³/mol. The van der Waals surface area contributed by atoms with Crippen LogP contribution in [-0.4, -0.2) is 12.5 Å². The summed E-state index contributed by atoms with van der Waals surface area (Å²) in [4.78, 5) is 12.2. The van der Waals surface area contributed by atoms with Gasteiger partial charge in [0.2, 0.25) is 0 Å². The van der Waals surface area contributed by atoms with Crippen molar-refractivity contribution in [1.29, 1.82) is 0 Å². The summed E-state index contributed by atoms with van der Waals surface area (Å²) >= 11 is 11.9. The highest BCUT2D eigenvalue weighted by atomic mass is 35.5. The van der Waals surface area contributed by atoms with Crippen molar-refractivity contribution in [1.82, 2.24) is 0 Å².